The standard InChI is InChI=1S/C14H23NO2/c1-10(14(2,3)4)9-11(16)13-12(17-5)7-6-8-15-13/h6-8,10-11,16H,9H2,1-5H3. The molecular weight excluding hydrogens is 214 g/mol. The van der Waals surface area contributed by atoms with Gasteiger partial charge < -0.3 is 9.84 Å². The van der Waals surface area contributed by atoms with Crippen LogP contribution in [0.1, 0.15) is 45.9 Å². The van der Waals surface area contributed by atoms with Gasteiger partial charge in [0.05, 0.1) is 13.2 Å². The van der Waals surface area contributed by atoms with Crippen LogP contribution in [0, 0.1) is 11.3 Å². The molecule has 3 nitrogen and oxygen atoms in total. The minimum atomic E-state index is -0.569. The number of aliphatic hydroxyl groups excluding tert-OH is 1. The Hall–Kier alpha value is -1.09. The molecule has 0 saturated heterocycles. The van der Waals surface area contributed by atoms with Crippen molar-refractivity contribution in [1.82, 2.24) is 4.98 Å². The Kier molecular flexibility index (Phi) is 4.52. The van der Waals surface area contributed by atoms with Crippen LogP contribution in [0.2, 0.25) is 0 Å². The van der Waals surface area contributed by atoms with Crippen molar-refractivity contribution in [2.24, 2.45) is 11.3 Å². The zero-order valence-corrected chi connectivity index (χ0v) is 11.4. The van der Waals surface area contributed by atoms with Gasteiger partial charge >= 0.3 is 0 Å². The van der Waals surface area contributed by atoms with Crippen LogP contribution < -0.4 is 4.74 Å². The SMILES string of the molecule is COc1cccnc1C(O)CC(C)C(C)(C)C. The summed E-state index contributed by atoms with van der Waals surface area (Å²) in [5.74, 6) is 1.06. The third-order valence-electron chi connectivity index (χ3n) is 3.39. The molecule has 0 amide bonds. The Bertz CT molecular complexity index is 357. The van der Waals surface area contributed by atoms with Gasteiger partial charge in [-0.15, -0.1) is 0 Å². The maximum Gasteiger partial charge on any atom is 0.143 e. The van der Waals surface area contributed by atoms with Crippen LogP contribution in [0.15, 0.2) is 18.3 Å². The van der Waals surface area contributed by atoms with Crippen molar-refractivity contribution in [3.05, 3.63) is 24.0 Å². The number of aliphatic hydroxyl groups is 1. The highest BCUT2D eigenvalue weighted by Crippen LogP contribution is 2.34. The maximum atomic E-state index is 10.2. The predicted octanol–water partition coefficient (Wildman–Crippen LogP) is 3.20. The zero-order valence-electron chi connectivity index (χ0n) is 11.4. The van der Waals surface area contributed by atoms with E-state index >= 15 is 0 Å². The Morgan fingerprint density at radius 1 is 1.41 bits per heavy atom. The van der Waals surface area contributed by atoms with Gasteiger partial charge in [0.25, 0.3) is 0 Å². The molecule has 0 saturated carbocycles. The smallest absolute Gasteiger partial charge is 0.143 e. The highest BCUT2D eigenvalue weighted by atomic mass is 16.5. The van der Waals surface area contributed by atoms with Crippen LogP contribution >= 0.6 is 0 Å². The average molecular weight is 237 g/mol. The fraction of sp³-hybridized carbons (Fsp3) is 0.643. The molecule has 0 aliphatic rings. The van der Waals surface area contributed by atoms with Crippen LogP contribution in [0.5, 0.6) is 5.75 Å². The topological polar surface area (TPSA) is 42.4 Å². The number of methoxy groups -OCH3 is 1. The summed E-state index contributed by atoms with van der Waals surface area (Å²) in [4.78, 5) is 4.21. The maximum absolute atomic E-state index is 10.2. The molecule has 96 valence electrons. The number of hydrogen-bond donors (Lipinski definition) is 1. The van der Waals surface area contributed by atoms with E-state index in [4.69, 9.17) is 4.74 Å². The second kappa shape index (κ2) is 5.50. The first-order chi connectivity index (χ1) is 7.86. The minimum Gasteiger partial charge on any atom is -0.495 e. The fourth-order valence-corrected chi connectivity index (χ4v) is 1.63. The van der Waals surface area contributed by atoms with Gasteiger partial charge in [0.1, 0.15) is 11.4 Å². The lowest BCUT2D eigenvalue weighted by molar-refractivity contribution is 0.105. The number of nitrogens with zero attached hydrogens (tertiary/aromatic N) is 1. The highest BCUT2D eigenvalue weighted by molar-refractivity contribution is 5.28. The van der Waals surface area contributed by atoms with E-state index in [1.807, 2.05) is 12.1 Å². The molecule has 1 N–H and O–H groups in total. The highest BCUT2D eigenvalue weighted by Gasteiger charge is 2.25. The van der Waals surface area contributed by atoms with Crippen molar-refractivity contribution in [2.75, 3.05) is 7.11 Å². The van der Waals surface area contributed by atoms with Crippen LogP contribution in [-0.2, 0) is 0 Å². The summed E-state index contributed by atoms with van der Waals surface area (Å²) in [6, 6.07) is 3.63. The van der Waals surface area contributed by atoms with Crippen LogP contribution in [-0.4, -0.2) is 17.2 Å². The minimum absolute atomic E-state index is 0.184. The lowest BCUT2D eigenvalue weighted by Gasteiger charge is -2.29. The van der Waals surface area contributed by atoms with Crippen LogP contribution in [0.3, 0.4) is 0 Å². The molecule has 0 aliphatic carbocycles. The Morgan fingerprint density at radius 3 is 2.59 bits per heavy atom. The van der Waals surface area contributed by atoms with Gasteiger partial charge in [-0.05, 0) is 29.9 Å². The number of rotatable bonds is 4. The Balaban J connectivity index is 2.79. The van der Waals surface area contributed by atoms with Gasteiger partial charge in [0.2, 0.25) is 0 Å². The zero-order chi connectivity index (χ0) is 13.1. The van der Waals surface area contributed by atoms with Gasteiger partial charge in [-0.3, -0.25) is 4.98 Å². The molecule has 0 fully saturated rings. The molecule has 0 radical (unpaired) electrons. The normalized spacial score (nSPS) is 15.4. The summed E-state index contributed by atoms with van der Waals surface area (Å²) in [7, 11) is 1.60. The van der Waals surface area contributed by atoms with E-state index in [0.717, 1.165) is 0 Å². The lowest BCUT2D eigenvalue weighted by Crippen LogP contribution is -2.20. The summed E-state index contributed by atoms with van der Waals surface area (Å²) in [5.41, 5.74) is 0.814. The molecule has 1 rings (SSSR count). The average Bonchev–Trinajstić information content (AvgIpc) is 2.27. The summed E-state index contributed by atoms with van der Waals surface area (Å²) >= 11 is 0. The first-order valence-corrected chi connectivity index (χ1v) is 6.03. The predicted molar refractivity (Wildman–Crippen MR) is 69.0 cm³/mol. The fourth-order valence-electron chi connectivity index (χ4n) is 1.63. The second-order valence-corrected chi connectivity index (χ2v) is 5.61. The molecule has 1 aromatic rings. The number of aromatic nitrogens is 1. The summed E-state index contributed by atoms with van der Waals surface area (Å²) in [6.45, 7) is 8.69. The molecule has 0 spiro atoms. The lowest BCUT2D eigenvalue weighted by atomic mass is 9.78. The largest absolute Gasteiger partial charge is 0.495 e. The van der Waals surface area contributed by atoms with Crippen molar-refractivity contribution in [3.63, 3.8) is 0 Å². The molecule has 1 aromatic heterocycles. The van der Waals surface area contributed by atoms with Crippen molar-refractivity contribution >= 4 is 0 Å². The molecular formula is C14H23NO2. The quantitative estimate of drug-likeness (QED) is 0.874. The van der Waals surface area contributed by atoms with Crippen molar-refractivity contribution in [1.29, 1.82) is 0 Å². The van der Waals surface area contributed by atoms with Crippen molar-refractivity contribution < 1.29 is 9.84 Å². The number of hydrogen-bond acceptors (Lipinski definition) is 3. The molecule has 0 aliphatic heterocycles. The van der Waals surface area contributed by atoms with Crippen LogP contribution in [0.25, 0.3) is 0 Å². The summed E-state index contributed by atoms with van der Waals surface area (Å²) in [6.07, 6.45) is 1.81. The first kappa shape index (κ1) is 14.0. The molecule has 2 atom stereocenters. The van der Waals surface area contributed by atoms with Gasteiger partial charge in [0, 0.05) is 6.20 Å². The van der Waals surface area contributed by atoms with E-state index in [9.17, 15) is 5.11 Å². The molecule has 2 unspecified atom stereocenters. The molecule has 17 heavy (non-hydrogen) atoms. The van der Waals surface area contributed by atoms with E-state index in [-0.39, 0.29) is 5.41 Å². The van der Waals surface area contributed by atoms with E-state index in [1.54, 1.807) is 13.3 Å². The van der Waals surface area contributed by atoms with E-state index in [1.165, 1.54) is 0 Å². The first-order valence-electron chi connectivity index (χ1n) is 6.03. The molecule has 3 heteroatoms. The number of ether oxygens (including phenoxy) is 1. The Morgan fingerprint density at radius 2 is 2.06 bits per heavy atom. The third kappa shape index (κ3) is 3.70. The molecule has 0 aromatic carbocycles. The van der Waals surface area contributed by atoms with Gasteiger partial charge in [-0.25, -0.2) is 0 Å². The Labute approximate surface area is 104 Å². The van der Waals surface area contributed by atoms with Crippen molar-refractivity contribution in [2.45, 2.75) is 40.2 Å². The van der Waals surface area contributed by atoms with Gasteiger partial charge in [-0.2, -0.15) is 0 Å². The summed E-state index contributed by atoms with van der Waals surface area (Å²) in [5, 5.41) is 10.2. The molecule has 0 bridgehead atoms. The molecule has 1 heterocycles. The van der Waals surface area contributed by atoms with E-state index in [2.05, 4.69) is 32.7 Å². The third-order valence-corrected chi connectivity index (χ3v) is 3.39. The van der Waals surface area contributed by atoms with Crippen molar-refractivity contribution in [3.8, 4) is 5.75 Å². The monoisotopic (exact) mass is 237 g/mol. The number of pyridine rings is 1. The van der Waals surface area contributed by atoms with Gasteiger partial charge in [-0.1, -0.05) is 27.7 Å². The van der Waals surface area contributed by atoms with Crippen LogP contribution in [0.4, 0.5) is 0 Å². The second-order valence-electron chi connectivity index (χ2n) is 5.61. The van der Waals surface area contributed by atoms with E-state index < -0.39 is 6.10 Å². The summed E-state index contributed by atoms with van der Waals surface area (Å²) < 4.78 is 5.21. The van der Waals surface area contributed by atoms with E-state index in [0.29, 0.717) is 23.8 Å². The van der Waals surface area contributed by atoms with Gasteiger partial charge in [0.15, 0.2) is 0 Å².